The van der Waals surface area contributed by atoms with Gasteiger partial charge in [-0.2, -0.15) is 12.1 Å². The Morgan fingerprint density at radius 3 is 1.53 bits per heavy atom. The van der Waals surface area contributed by atoms with Crippen LogP contribution >= 0.6 is 17.0 Å². The molecule has 0 atom stereocenters. The van der Waals surface area contributed by atoms with Gasteiger partial charge in [0, 0.05) is 9.52 Å². The monoisotopic (exact) mass is 770 g/mol. The van der Waals surface area contributed by atoms with Crippen LogP contribution in [0.1, 0.15) is 56.2 Å². The van der Waals surface area contributed by atoms with Crippen molar-refractivity contribution in [3.8, 4) is 22.3 Å². The van der Waals surface area contributed by atoms with E-state index >= 15 is 0 Å². The predicted molar refractivity (Wildman–Crippen MR) is 215 cm³/mol. The first-order chi connectivity index (χ1) is 22.3. The summed E-state index contributed by atoms with van der Waals surface area (Å²) in [6.45, 7) is 22.6. The van der Waals surface area contributed by atoms with Crippen molar-refractivity contribution in [3.05, 3.63) is 126 Å². The summed E-state index contributed by atoms with van der Waals surface area (Å²) in [7, 11) is 9.74. The molecule has 0 aliphatic carbocycles. The molecule has 0 aliphatic heterocycles. The van der Waals surface area contributed by atoms with Crippen LogP contribution in [0.4, 0.5) is 0 Å². The molecule has 6 aromatic rings. The van der Waals surface area contributed by atoms with Gasteiger partial charge in [0.2, 0.25) is 0 Å². The van der Waals surface area contributed by atoms with Gasteiger partial charge in [-0.25, -0.2) is 0 Å². The van der Waals surface area contributed by atoms with Gasteiger partial charge in [-0.1, -0.05) is 144 Å². The fourth-order valence-corrected chi connectivity index (χ4v) is 6.84. The molecule has 0 aliphatic rings. The van der Waals surface area contributed by atoms with Gasteiger partial charge < -0.3 is 0 Å². The molecule has 5 heteroatoms. The van der Waals surface area contributed by atoms with Gasteiger partial charge in [-0.05, 0) is 28.5 Å². The van der Waals surface area contributed by atoms with E-state index in [0.29, 0.717) is 11.8 Å². The van der Waals surface area contributed by atoms with Crippen LogP contribution in [-0.2, 0) is 20.8 Å². The Morgan fingerprint density at radius 2 is 1.09 bits per heavy atom. The zero-order valence-corrected chi connectivity index (χ0v) is 35.8. The van der Waals surface area contributed by atoms with Crippen molar-refractivity contribution in [1.29, 1.82) is 0 Å². The summed E-state index contributed by atoms with van der Waals surface area (Å²) in [5.74, 6) is 1.16. The molecule has 2 radical (unpaired) electrons. The van der Waals surface area contributed by atoms with Gasteiger partial charge in [-0.3, -0.25) is 0 Å². The van der Waals surface area contributed by atoms with E-state index in [0.717, 1.165) is 9.52 Å². The van der Waals surface area contributed by atoms with E-state index in [4.69, 9.17) is 17.0 Å². The summed E-state index contributed by atoms with van der Waals surface area (Å²) < 4.78 is 0. The Morgan fingerprint density at radius 1 is 0.638 bits per heavy atom. The van der Waals surface area contributed by atoms with E-state index < -0.39 is 28.9 Å². The van der Waals surface area contributed by atoms with Crippen molar-refractivity contribution in [2.45, 2.75) is 79.2 Å². The summed E-state index contributed by atoms with van der Waals surface area (Å²) >= 11 is -0.826. The average Bonchev–Trinajstić information content (AvgIpc) is 3.65. The van der Waals surface area contributed by atoms with Crippen molar-refractivity contribution in [1.82, 2.24) is 0 Å². The molecule has 6 aromatic carbocycles. The molecule has 0 spiro atoms. The Labute approximate surface area is 307 Å². The van der Waals surface area contributed by atoms with Gasteiger partial charge in [-0.15, -0.1) is 69.1 Å². The first-order valence-corrected chi connectivity index (χ1v) is 28.3. The minimum absolute atomic E-state index is 0.577. The number of aryl methyl sites for hydroxylation is 1. The maximum atomic E-state index is 4.93. The van der Waals surface area contributed by atoms with Crippen LogP contribution in [0, 0.1) is 6.92 Å². The number of halogens is 2. The molecule has 0 fully saturated rings. The third-order valence-electron chi connectivity index (χ3n) is 8.29. The molecule has 244 valence electrons. The van der Waals surface area contributed by atoms with Crippen LogP contribution in [-0.4, -0.2) is 17.6 Å². The first kappa shape index (κ1) is 39.4. The Bertz CT molecular complexity index is 1800. The number of hydrogen-bond donors (Lipinski definition) is 0. The maximum absolute atomic E-state index is 4.93. The zero-order valence-electron chi connectivity index (χ0n) is 29.8. The fourth-order valence-electron chi connectivity index (χ4n) is 5.68. The van der Waals surface area contributed by atoms with Crippen LogP contribution < -0.4 is 5.19 Å². The molecule has 0 heterocycles. The van der Waals surface area contributed by atoms with E-state index in [1.165, 1.54) is 65.7 Å². The molecule has 0 saturated heterocycles. The number of hydrogen-bond acceptors (Lipinski definition) is 0. The van der Waals surface area contributed by atoms with Crippen LogP contribution in [0.5, 0.6) is 0 Å². The van der Waals surface area contributed by atoms with Crippen LogP contribution in [0.15, 0.2) is 109 Å². The van der Waals surface area contributed by atoms with Crippen LogP contribution in [0.25, 0.3) is 43.8 Å². The van der Waals surface area contributed by atoms with Gasteiger partial charge in [0.15, 0.2) is 0 Å². The minimum atomic E-state index is -1.21. The van der Waals surface area contributed by atoms with Crippen molar-refractivity contribution in [2.75, 3.05) is 0 Å². The standard InChI is InChI=1S/C21H23.C19H21Si.C2H6Si.2ClH.Zr/c1-14(2)16-8-10-17(11-9-16)20-7-5-6-18-12-19(15(3)4)13-21(18)20;1-14-12-16-6-5-7-18(19(16)13-14)15-8-10-17(11-9-15)20(2,3)4;1-3-2;;;/h5-15H,1-4H3;5-13H,1-4H3;1-2H3;2*1H;/q2*-1;;;;+4/p-2. The molecule has 47 heavy (non-hydrogen) atoms. The number of benzene rings is 4. The first-order valence-electron chi connectivity index (χ1n) is 16.5. The van der Waals surface area contributed by atoms with Crippen LogP contribution in [0.3, 0.4) is 0 Å². The van der Waals surface area contributed by atoms with Gasteiger partial charge in [0.25, 0.3) is 0 Å². The molecule has 0 amide bonds. The summed E-state index contributed by atoms with van der Waals surface area (Å²) in [5, 5.41) is 6.95. The van der Waals surface area contributed by atoms with E-state index in [-0.39, 0.29) is 0 Å². The van der Waals surface area contributed by atoms with Gasteiger partial charge in [0.05, 0.1) is 8.07 Å². The van der Waals surface area contributed by atoms with Crippen molar-refractivity contribution in [2.24, 2.45) is 0 Å². The van der Waals surface area contributed by atoms with Gasteiger partial charge in [0.1, 0.15) is 0 Å². The molecule has 0 nitrogen and oxygen atoms in total. The van der Waals surface area contributed by atoms with E-state index in [2.05, 4.69) is 177 Å². The Balaban J connectivity index is 0.000000219. The van der Waals surface area contributed by atoms with E-state index in [9.17, 15) is 0 Å². The van der Waals surface area contributed by atoms with E-state index in [1.54, 1.807) is 0 Å². The predicted octanol–water partition coefficient (Wildman–Crippen LogP) is 13.7. The molecule has 0 saturated carbocycles. The summed E-state index contributed by atoms with van der Waals surface area (Å²) in [6, 6.07) is 40.6. The second-order valence-corrected chi connectivity index (χ2v) is 23.6. The second kappa shape index (κ2) is 18.7. The second-order valence-electron chi connectivity index (χ2n) is 13.8. The molecule has 0 unspecified atom stereocenters. The molecule has 0 bridgehead atoms. The van der Waals surface area contributed by atoms with Crippen molar-refractivity contribution in [3.63, 3.8) is 0 Å². The van der Waals surface area contributed by atoms with Crippen molar-refractivity contribution >= 4 is 61.4 Å². The summed E-state index contributed by atoms with van der Waals surface area (Å²) in [6.07, 6.45) is 0. The molecule has 0 N–H and O–H groups in total. The third-order valence-corrected chi connectivity index (χ3v) is 10.4. The van der Waals surface area contributed by atoms with E-state index in [1.807, 2.05) is 0 Å². The van der Waals surface area contributed by atoms with Gasteiger partial charge >= 0.3 is 37.9 Å². The van der Waals surface area contributed by atoms with Crippen molar-refractivity contribution < 1.29 is 20.8 Å². The Kier molecular flexibility index (Phi) is 15.7. The topological polar surface area (TPSA) is 0 Å². The third kappa shape index (κ3) is 11.0. The number of fused-ring (bicyclic) bond motifs is 2. The molecular weight excluding hydrogens is 723 g/mol. The average molecular weight is 773 g/mol. The molecule has 6 rings (SSSR count). The zero-order chi connectivity index (χ0) is 34.7. The molecular formula is C42H50Cl2Si2Zr. The Hall–Kier alpha value is -2.00. The SMILES string of the molecule is CC(C)c1ccc(-c2cccc3[cH-]c(C(C)C)cc23)cc1.C[Si]C.Cc1cc2c(-c3ccc([Si](C)(C)C)cc3)cccc2[cH-]1.[Cl][Zr+2][Cl]. The van der Waals surface area contributed by atoms with Crippen LogP contribution in [0.2, 0.25) is 32.7 Å². The normalized spacial score (nSPS) is 10.9. The summed E-state index contributed by atoms with van der Waals surface area (Å²) in [4.78, 5) is 0. The quantitative estimate of drug-likeness (QED) is 0.121. The fraction of sp³-hybridized carbons (Fsp3) is 0.286. The number of rotatable bonds is 5. The molecule has 0 aromatic heterocycles. The summed E-state index contributed by atoms with van der Waals surface area (Å²) in [5.41, 5.74) is 9.49.